The first-order valence-corrected chi connectivity index (χ1v) is 9.73. The van der Waals surface area contributed by atoms with Gasteiger partial charge >= 0.3 is 0 Å². The smallest absolute Gasteiger partial charge is 0.138 e. The summed E-state index contributed by atoms with van der Waals surface area (Å²) >= 11 is 0. The third-order valence-electron chi connectivity index (χ3n) is 5.53. The Morgan fingerprint density at radius 3 is 2.17 bits per heavy atom. The van der Waals surface area contributed by atoms with E-state index in [9.17, 15) is 0 Å². The van der Waals surface area contributed by atoms with Gasteiger partial charge in [-0.2, -0.15) is 0 Å². The van der Waals surface area contributed by atoms with Crippen molar-refractivity contribution in [2.45, 2.75) is 0 Å². The standard InChI is InChI=1S/C27H17NO/c1-2-8-18(9-3-1)26-17-24-25(29-26)14-15-28-27(24)23-16-19-10-4-5-11-20(19)21-12-6-7-13-22(21)23/h1-17H. The van der Waals surface area contributed by atoms with Crippen molar-refractivity contribution in [3.8, 4) is 22.6 Å². The highest BCUT2D eigenvalue weighted by Crippen LogP contribution is 2.38. The molecule has 2 heterocycles. The number of nitrogens with zero attached hydrogens (tertiary/aromatic N) is 1. The minimum atomic E-state index is 0.853. The maximum absolute atomic E-state index is 6.18. The third kappa shape index (κ3) is 2.54. The van der Waals surface area contributed by atoms with Crippen molar-refractivity contribution in [3.63, 3.8) is 0 Å². The lowest BCUT2D eigenvalue weighted by Gasteiger charge is -2.10. The second-order valence-corrected chi connectivity index (χ2v) is 7.24. The van der Waals surface area contributed by atoms with E-state index in [2.05, 4.69) is 72.8 Å². The van der Waals surface area contributed by atoms with Gasteiger partial charge in [0.05, 0.1) is 5.69 Å². The van der Waals surface area contributed by atoms with Gasteiger partial charge in [0.2, 0.25) is 0 Å². The Kier molecular flexibility index (Phi) is 3.50. The van der Waals surface area contributed by atoms with Crippen LogP contribution in [0.3, 0.4) is 0 Å². The van der Waals surface area contributed by atoms with Gasteiger partial charge in [-0.1, -0.05) is 78.9 Å². The highest BCUT2D eigenvalue weighted by Gasteiger charge is 2.15. The second kappa shape index (κ2) is 6.32. The van der Waals surface area contributed by atoms with Gasteiger partial charge in [-0.25, -0.2) is 0 Å². The van der Waals surface area contributed by atoms with Crippen molar-refractivity contribution in [2.24, 2.45) is 0 Å². The number of hydrogen-bond donors (Lipinski definition) is 0. The summed E-state index contributed by atoms with van der Waals surface area (Å²) < 4.78 is 6.18. The van der Waals surface area contributed by atoms with E-state index < -0.39 is 0 Å². The molecule has 0 atom stereocenters. The van der Waals surface area contributed by atoms with Gasteiger partial charge in [0.1, 0.15) is 11.3 Å². The third-order valence-corrected chi connectivity index (χ3v) is 5.53. The van der Waals surface area contributed by atoms with Gasteiger partial charge in [0.15, 0.2) is 0 Å². The van der Waals surface area contributed by atoms with E-state index in [1.54, 1.807) is 0 Å². The van der Waals surface area contributed by atoms with Gasteiger partial charge in [-0.05, 0) is 39.7 Å². The number of rotatable bonds is 2. The van der Waals surface area contributed by atoms with E-state index in [4.69, 9.17) is 9.40 Å². The Bertz CT molecular complexity index is 1500. The number of benzene rings is 4. The van der Waals surface area contributed by atoms with Crippen LogP contribution in [-0.4, -0.2) is 4.98 Å². The molecule has 0 spiro atoms. The van der Waals surface area contributed by atoms with Crippen LogP contribution in [0.2, 0.25) is 0 Å². The van der Waals surface area contributed by atoms with Gasteiger partial charge < -0.3 is 4.42 Å². The molecule has 2 aromatic heterocycles. The van der Waals surface area contributed by atoms with Crippen molar-refractivity contribution in [3.05, 3.63) is 103 Å². The first kappa shape index (κ1) is 16.1. The number of fused-ring (bicyclic) bond motifs is 4. The van der Waals surface area contributed by atoms with Crippen LogP contribution in [0, 0.1) is 0 Å². The van der Waals surface area contributed by atoms with Gasteiger partial charge in [-0.3, -0.25) is 4.98 Å². The zero-order chi connectivity index (χ0) is 19.2. The molecule has 0 bridgehead atoms. The summed E-state index contributed by atoms with van der Waals surface area (Å²) in [7, 11) is 0. The molecule has 0 saturated carbocycles. The lowest BCUT2D eigenvalue weighted by Crippen LogP contribution is -1.88. The molecular formula is C27H17NO. The number of pyridine rings is 1. The van der Waals surface area contributed by atoms with Gasteiger partial charge in [0.25, 0.3) is 0 Å². The number of aromatic nitrogens is 1. The van der Waals surface area contributed by atoms with E-state index in [1.165, 1.54) is 21.5 Å². The van der Waals surface area contributed by atoms with E-state index in [1.807, 2.05) is 30.5 Å². The maximum atomic E-state index is 6.18. The Morgan fingerprint density at radius 1 is 0.586 bits per heavy atom. The number of furan rings is 1. The summed E-state index contributed by atoms with van der Waals surface area (Å²) in [6.45, 7) is 0. The quantitative estimate of drug-likeness (QED) is 0.295. The molecule has 2 nitrogen and oxygen atoms in total. The molecule has 29 heavy (non-hydrogen) atoms. The minimum Gasteiger partial charge on any atom is -0.456 e. The summed E-state index contributed by atoms with van der Waals surface area (Å²) in [4.78, 5) is 4.78. The molecule has 6 aromatic rings. The van der Waals surface area contributed by atoms with Crippen molar-refractivity contribution >= 4 is 32.5 Å². The highest BCUT2D eigenvalue weighted by molar-refractivity contribution is 6.15. The molecule has 4 aromatic carbocycles. The fraction of sp³-hybridized carbons (Fsp3) is 0. The maximum Gasteiger partial charge on any atom is 0.138 e. The molecule has 0 aliphatic carbocycles. The van der Waals surface area contributed by atoms with Gasteiger partial charge in [0, 0.05) is 22.7 Å². The van der Waals surface area contributed by atoms with Crippen LogP contribution in [0.15, 0.2) is 108 Å². The van der Waals surface area contributed by atoms with Crippen molar-refractivity contribution in [1.82, 2.24) is 4.98 Å². The van der Waals surface area contributed by atoms with E-state index in [0.717, 1.165) is 33.6 Å². The molecule has 0 fully saturated rings. The average molecular weight is 371 g/mol. The van der Waals surface area contributed by atoms with Crippen LogP contribution in [0.5, 0.6) is 0 Å². The Hall–Kier alpha value is -3.91. The molecule has 0 radical (unpaired) electrons. The van der Waals surface area contributed by atoms with Crippen LogP contribution in [0.4, 0.5) is 0 Å². The SMILES string of the molecule is c1ccc(-c2cc3c(-c4cc5ccccc5c5ccccc45)nccc3o2)cc1. The topological polar surface area (TPSA) is 26.0 Å². The molecule has 6 rings (SSSR count). The molecule has 0 N–H and O–H groups in total. The highest BCUT2D eigenvalue weighted by atomic mass is 16.3. The van der Waals surface area contributed by atoms with E-state index in [-0.39, 0.29) is 0 Å². The van der Waals surface area contributed by atoms with Crippen LogP contribution < -0.4 is 0 Å². The predicted octanol–water partition coefficient (Wildman–Crippen LogP) is 7.47. The van der Waals surface area contributed by atoms with E-state index >= 15 is 0 Å². The van der Waals surface area contributed by atoms with Crippen LogP contribution >= 0.6 is 0 Å². The molecule has 136 valence electrons. The molecule has 0 aliphatic heterocycles. The Labute approximate surface area is 168 Å². The van der Waals surface area contributed by atoms with Crippen molar-refractivity contribution < 1.29 is 4.42 Å². The van der Waals surface area contributed by atoms with Crippen LogP contribution in [-0.2, 0) is 0 Å². The summed E-state index contributed by atoms with van der Waals surface area (Å²) in [5, 5.41) is 5.95. The molecule has 2 heteroatoms. The summed E-state index contributed by atoms with van der Waals surface area (Å²) in [6.07, 6.45) is 1.83. The monoisotopic (exact) mass is 371 g/mol. The van der Waals surface area contributed by atoms with Gasteiger partial charge in [-0.15, -0.1) is 0 Å². The van der Waals surface area contributed by atoms with Crippen molar-refractivity contribution in [2.75, 3.05) is 0 Å². The average Bonchev–Trinajstić information content (AvgIpc) is 3.24. The lowest BCUT2D eigenvalue weighted by atomic mass is 9.94. The zero-order valence-corrected chi connectivity index (χ0v) is 15.7. The van der Waals surface area contributed by atoms with E-state index in [0.29, 0.717) is 0 Å². The summed E-state index contributed by atoms with van der Waals surface area (Å²) in [5.74, 6) is 0.861. The first-order valence-electron chi connectivity index (χ1n) is 9.73. The largest absolute Gasteiger partial charge is 0.456 e. The Morgan fingerprint density at radius 2 is 1.31 bits per heavy atom. The van der Waals surface area contributed by atoms with Crippen LogP contribution in [0.25, 0.3) is 55.1 Å². The number of hydrogen-bond acceptors (Lipinski definition) is 2. The Balaban J connectivity index is 1.68. The van der Waals surface area contributed by atoms with Crippen molar-refractivity contribution in [1.29, 1.82) is 0 Å². The molecular weight excluding hydrogens is 354 g/mol. The zero-order valence-electron chi connectivity index (χ0n) is 15.7. The first-order chi connectivity index (χ1) is 14.4. The molecule has 0 amide bonds. The fourth-order valence-corrected chi connectivity index (χ4v) is 4.17. The fourth-order valence-electron chi connectivity index (χ4n) is 4.17. The summed E-state index contributed by atoms with van der Waals surface area (Å²) in [6, 6.07) is 33.6. The molecule has 0 aliphatic rings. The summed E-state index contributed by atoms with van der Waals surface area (Å²) in [5.41, 5.74) is 4.00. The minimum absolute atomic E-state index is 0.853. The lowest BCUT2D eigenvalue weighted by molar-refractivity contribution is 0.631. The normalized spacial score (nSPS) is 11.4. The molecule has 0 saturated heterocycles. The predicted molar refractivity (Wildman–Crippen MR) is 120 cm³/mol. The molecule has 0 unspecified atom stereocenters. The second-order valence-electron chi connectivity index (χ2n) is 7.24. The van der Waals surface area contributed by atoms with Crippen LogP contribution in [0.1, 0.15) is 0 Å².